The van der Waals surface area contributed by atoms with Crippen molar-refractivity contribution in [3.05, 3.63) is 39.4 Å². The molecule has 0 N–H and O–H groups in total. The first-order chi connectivity index (χ1) is 7.75. The Bertz CT molecular complexity index is 618. The molecule has 2 heterocycles. The van der Waals surface area contributed by atoms with Crippen LogP contribution in [0.1, 0.15) is 18.7 Å². The van der Waals surface area contributed by atoms with Gasteiger partial charge in [-0.2, -0.15) is 0 Å². The van der Waals surface area contributed by atoms with Gasteiger partial charge in [0.15, 0.2) is 0 Å². The summed E-state index contributed by atoms with van der Waals surface area (Å²) in [5.41, 5.74) is 0.796. The van der Waals surface area contributed by atoms with E-state index in [1.807, 2.05) is 6.07 Å². The molecule has 3 rings (SSSR count). The van der Waals surface area contributed by atoms with Gasteiger partial charge in [-0.05, 0) is 31.0 Å². The van der Waals surface area contributed by atoms with Crippen molar-refractivity contribution >= 4 is 22.5 Å². The highest BCUT2D eigenvalue weighted by Crippen LogP contribution is 2.17. The summed E-state index contributed by atoms with van der Waals surface area (Å²) < 4.78 is 1.78. The van der Waals surface area contributed by atoms with Crippen molar-refractivity contribution in [3.63, 3.8) is 0 Å². The van der Waals surface area contributed by atoms with E-state index in [0.717, 1.165) is 37.1 Å². The molecule has 0 unspecified atom stereocenters. The van der Waals surface area contributed by atoms with Gasteiger partial charge >= 0.3 is 0 Å². The second-order valence-electron chi connectivity index (χ2n) is 4.10. The first-order valence-electron chi connectivity index (χ1n) is 5.45. The van der Waals surface area contributed by atoms with Gasteiger partial charge in [-0.25, -0.2) is 4.98 Å². The van der Waals surface area contributed by atoms with Crippen LogP contribution in [0.2, 0.25) is 5.02 Å². The van der Waals surface area contributed by atoms with Crippen LogP contribution in [-0.4, -0.2) is 9.55 Å². The van der Waals surface area contributed by atoms with Gasteiger partial charge in [0, 0.05) is 18.0 Å². The van der Waals surface area contributed by atoms with Crippen LogP contribution in [0.5, 0.6) is 0 Å². The molecular formula is C12H11ClN2O. The monoisotopic (exact) mass is 234 g/mol. The fourth-order valence-corrected chi connectivity index (χ4v) is 2.39. The van der Waals surface area contributed by atoms with Crippen LogP contribution >= 0.6 is 11.6 Å². The molecule has 1 aliphatic rings. The molecule has 0 saturated carbocycles. The molecule has 1 aliphatic heterocycles. The Hall–Kier alpha value is -1.35. The molecule has 3 nitrogen and oxygen atoms in total. The van der Waals surface area contributed by atoms with E-state index in [-0.39, 0.29) is 5.56 Å². The summed E-state index contributed by atoms with van der Waals surface area (Å²) in [6.45, 7) is 0.781. The molecule has 2 aromatic rings. The Morgan fingerprint density at radius 2 is 2.19 bits per heavy atom. The van der Waals surface area contributed by atoms with Gasteiger partial charge in [0.05, 0.1) is 10.9 Å². The molecule has 0 radical (unpaired) electrons. The lowest BCUT2D eigenvalue weighted by Crippen LogP contribution is -2.28. The van der Waals surface area contributed by atoms with Crippen molar-refractivity contribution in [3.8, 4) is 0 Å². The van der Waals surface area contributed by atoms with E-state index in [1.165, 1.54) is 0 Å². The fraction of sp³-hybridized carbons (Fsp3) is 0.333. The van der Waals surface area contributed by atoms with E-state index < -0.39 is 0 Å². The summed E-state index contributed by atoms with van der Waals surface area (Å²) >= 11 is 5.90. The van der Waals surface area contributed by atoms with Crippen LogP contribution in [0, 0.1) is 0 Å². The maximum Gasteiger partial charge on any atom is 0.261 e. The van der Waals surface area contributed by atoms with Gasteiger partial charge in [0.1, 0.15) is 5.82 Å². The van der Waals surface area contributed by atoms with Gasteiger partial charge in [-0.3, -0.25) is 9.36 Å². The largest absolute Gasteiger partial charge is 0.296 e. The molecule has 0 atom stereocenters. The molecule has 0 saturated heterocycles. The van der Waals surface area contributed by atoms with Gasteiger partial charge in [-0.1, -0.05) is 11.6 Å². The predicted octanol–water partition coefficient (Wildman–Crippen LogP) is 2.39. The molecule has 82 valence electrons. The zero-order valence-electron chi connectivity index (χ0n) is 8.74. The Morgan fingerprint density at radius 3 is 3.06 bits per heavy atom. The quantitative estimate of drug-likeness (QED) is 0.702. The zero-order chi connectivity index (χ0) is 11.1. The van der Waals surface area contributed by atoms with E-state index in [0.29, 0.717) is 10.4 Å². The van der Waals surface area contributed by atoms with Crippen molar-refractivity contribution in [2.75, 3.05) is 0 Å². The van der Waals surface area contributed by atoms with Gasteiger partial charge in [-0.15, -0.1) is 0 Å². The lowest BCUT2D eigenvalue weighted by molar-refractivity contribution is 0.501. The molecular weight excluding hydrogens is 224 g/mol. The molecule has 1 aromatic carbocycles. The summed E-state index contributed by atoms with van der Waals surface area (Å²) in [7, 11) is 0. The van der Waals surface area contributed by atoms with Crippen LogP contribution in [0.4, 0.5) is 0 Å². The summed E-state index contributed by atoms with van der Waals surface area (Å²) in [4.78, 5) is 16.7. The number of aromatic nitrogens is 2. The van der Waals surface area contributed by atoms with Crippen LogP contribution in [0.25, 0.3) is 10.9 Å². The summed E-state index contributed by atoms with van der Waals surface area (Å²) in [5.74, 6) is 0.908. The Labute approximate surface area is 97.7 Å². The number of halogens is 1. The predicted molar refractivity (Wildman–Crippen MR) is 64.0 cm³/mol. The van der Waals surface area contributed by atoms with Gasteiger partial charge in [0.2, 0.25) is 0 Å². The second-order valence-corrected chi connectivity index (χ2v) is 4.54. The highest BCUT2D eigenvalue weighted by atomic mass is 35.5. The first-order valence-corrected chi connectivity index (χ1v) is 5.82. The average Bonchev–Trinajstić information content (AvgIpc) is 2.31. The van der Waals surface area contributed by atoms with E-state index in [2.05, 4.69) is 4.98 Å². The smallest absolute Gasteiger partial charge is 0.261 e. The first kappa shape index (κ1) is 9.85. The van der Waals surface area contributed by atoms with E-state index >= 15 is 0 Å². The van der Waals surface area contributed by atoms with Crippen molar-refractivity contribution in [1.82, 2.24) is 9.55 Å². The average molecular weight is 235 g/mol. The van der Waals surface area contributed by atoms with E-state index in [9.17, 15) is 4.79 Å². The third-order valence-electron chi connectivity index (χ3n) is 3.03. The fourth-order valence-electron chi connectivity index (χ4n) is 2.21. The minimum atomic E-state index is 0.0437. The second kappa shape index (κ2) is 3.59. The van der Waals surface area contributed by atoms with Crippen LogP contribution in [0.3, 0.4) is 0 Å². The molecule has 1 aromatic heterocycles. The maximum atomic E-state index is 12.2. The van der Waals surface area contributed by atoms with E-state index in [4.69, 9.17) is 11.6 Å². The van der Waals surface area contributed by atoms with Crippen molar-refractivity contribution < 1.29 is 0 Å². The van der Waals surface area contributed by atoms with Crippen molar-refractivity contribution in [1.29, 1.82) is 0 Å². The van der Waals surface area contributed by atoms with Crippen molar-refractivity contribution in [2.24, 2.45) is 0 Å². The zero-order valence-corrected chi connectivity index (χ0v) is 9.50. The van der Waals surface area contributed by atoms with E-state index in [1.54, 1.807) is 16.7 Å². The maximum absolute atomic E-state index is 12.2. The van der Waals surface area contributed by atoms with Gasteiger partial charge in [0.25, 0.3) is 5.56 Å². The number of rotatable bonds is 0. The summed E-state index contributed by atoms with van der Waals surface area (Å²) in [6, 6.07) is 5.29. The Balaban J connectivity index is 2.40. The van der Waals surface area contributed by atoms with Crippen LogP contribution in [-0.2, 0) is 13.0 Å². The Kier molecular flexibility index (Phi) is 2.21. The minimum absolute atomic E-state index is 0.0437. The normalized spacial score (nSPS) is 15.1. The number of hydrogen-bond acceptors (Lipinski definition) is 2. The van der Waals surface area contributed by atoms with Gasteiger partial charge < -0.3 is 0 Å². The number of benzene rings is 1. The minimum Gasteiger partial charge on any atom is -0.296 e. The van der Waals surface area contributed by atoms with Crippen LogP contribution < -0.4 is 5.56 Å². The lowest BCUT2D eigenvalue weighted by atomic mass is 10.1. The molecule has 0 spiro atoms. The highest BCUT2D eigenvalue weighted by molar-refractivity contribution is 6.31. The standard InChI is InChI=1S/C12H11ClN2O/c13-8-4-5-10-9(7-8)12(16)15-6-2-1-3-11(15)14-10/h4-5,7H,1-3,6H2. The van der Waals surface area contributed by atoms with Crippen LogP contribution in [0.15, 0.2) is 23.0 Å². The molecule has 0 fully saturated rings. The molecule has 0 amide bonds. The number of fused-ring (bicyclic) bond motifs is 2. The molecule has 0 aliphatic carbocycles. The molecule has 4 heteroatoms. The lowest BCUT2D eigenvalue weighted by Gasteiger charge is -2.17. The molecule has 0 bridgehead atoms. The summed E-state index contributed by atoms with van der Waals surface area (Å²) in [5, 5.41) is 1.21. The SMILES string of the molecule is O=c1c2cc(Cl)ccc2nc2n1CCCC2. The number of hydrogen-bond donors (Lipinski definition) is 0. The number of nitrogens with zero attached hydrogens (tertiary/aromatic N) is 2. The molecule has 16 heavy (non-hydrogen) atoms. The Morgan fingerprint density at radius 1 is 1.31 bits per heavy atom. The third kappa shape index (κ3) is 1.43. The topological polar surface area (TPSA) is 34.9 Å². The highest BCUT2D eigenvalue weighted by Gasteiger charge is 2.14. The van der Waals surface area contributed by atoms with Crippen molar-refractivity contribution in [2.45, 2.75) is 25.8 Å². The number of aryl methyl sites for hydroxylation is 1. The summed E-state index contributed by atoms with van der Waals surface area (Å²) in [6.07, 6.45) is 3.07. The third-order valence-corrected chi connectivity index (χ3v) is 3.26.